The number of ether oxygens (including phenoxy) is 1. The highest BCUT2D eigenvalue weighted by Crippen LogP contribution is 2.32. The van der Waals surface area contributed by atoms with Gasteiger partial charge in [-0.2, -0.15) is 5.10 Å². The number of rotatable bonds is 6. The zero-order valence-corrected chi connectivity index (χ0v) is 20.7. The smallest absolute Gasteiger partial charge is 0.359 e. The molecule has 0 unspecified atom stereocenters. The Bertz CT molecular complexity index is 1190. The van der Waals surface area contributed by atoms with Crippen molar-refractivity contribution in [3.63, 3.8) is 0 Å². The summed E-state index contributed by atoms with van der Waals surface area (Å²) in [5.41, 5.74) is 7.70. The Balaban J connectivity index is 1.41. The van der Waals surface area contributed by atoms with Crippen LogP contribution in [0, 0.1) is 6.92 Å². The van der Waals surface area contributed by atoms with Gasteiger partial charge in [0.2, 0.25) is 0 Å². The fraction of sp³-hybridized carbons (Fsp3) is 0.500. The van der Waals surface area contributed by atoms with Crippen molar-refractivity contribution in [1.29, 1.82) is 0 Å². The van der Waals surface area contributed by atoms with E-state index in [9.17, 15) is 9.59 Å². The van der Waals surface area contributed by atoms with Gasteiger partial charge >= 0.3 is 5.97 Å². The lowest BCUT2D eigenvalue weighted by Crippen LogP contribution is -2.37. The number of hydrogen-bond acceptors (Lipinski definition) is 7. The van der Waals surface area contributed by atoms with E-state index in [1.54, 1.807) is 29.6 Å². The number of nitrogens with zero attached hydrogens (tertiary/aromatic N) is 4. The summed E-state index contributed by atoms with van der Waals surface area (Å²) < 4.78 is 7.24. The van der Waals surface area contributed by atoms with Gasteiger partial charge in [0.05, 0.1) is 29.2 Å². The van der Waals surface area contributed by atoms with Crippen LogP contribution in [-0.4, -0.2) is 44.7 Å². The van der Waals surface area contributed by atoms with E-state index in [0.717, 1.165) is 47.5 Å². The quantitative estimate of drug-likeness (QED) is 0.490. The van der Waals surface area contributed by atoms with Crippen LogP contribution in [0.25, 0.3) is 0 Å². The van der Waals surface area contributed by atoms with Crippen LogP contribution in [0.15, 0.2) is 10.9 Å². The third-order valence-corrected chi connectivity index (χ3v) is 8.64. The van der Waals surface area contributed by atoms with E-state index in [1.165, 1.54) is 22.4 Å². The Morgan fingerprint density at radius 3 is 2.79 bits per heavy atom. The fourth-order valence-electron chi connectivity index (χ4n) is 4.83. The molecule has 174 valence electrons. The van der Waals surface area contributed by atoms with Gasteiger partial charge in [-0.3, -0.25) is 9.48 Å². The molecule has 2 aliphatic rings. The van der Waals surface area contributed by atoms with Crippen LogP contribution in [-0.2, 0) is 43.5 Å². The highest BCUT2D eigenvalue weighted by atomic mass is 32.1. The van der Waals surface area contributed by atoms with Gasteiger partial charge in [-0.25, -0.2) is 9.78 Å². The molecule has 1 aliphatic carbocycles. The highest BCUT2D eigenvalue weighted by Gasteiger charge is 2.32. The topological polar surface area (TPSA) is 77.3 Å². The summed E-state index contributed by atoms with van der Waals surface area (Å²) in [7, 11) is 0. The molecule has 4 heterocycles. The van der Waals surface area contributed by atoms with Gasteiger partial charge in [0.1, 0.15) is 0 Å². The van der Waals surface area contributed by atoms with Gasteiger partial charge < -0.3 is 9.64 Å². The average molecular weight is 485 g/mol. The van der Waals surface area contributed by atoms with Crippen LogP contribution < -0.4 is 0 Å². The van der Waals surface area contributed by atoms with Gasteiger partial charge in [-0.1, -0.05) is 0 Å². The van der Waals surface area contributed by atoms with Gasteiger partial charge in [0.15, 0.2) is 5.69 Å². The molecule has 0 saturated carbocycles. The van der Waals surface area contributed by atoms with Crippen LogP contribution in [0.3, 0.4) is 0 Å². The van der Waals surface area contributed by atoms with E-state index in [1.807, 2.05) is 22.0 Å². The summed E-state index contributed by atoms with van der Waals surface area (Å²) in [4.78, 5) is 34.5. The van der Waals surface area contributed by atoms with Gasteiger partial charge in [0.25, 0.3) is 5.91 Å². The molecule has 0 aromatic carbocycles. The number of aryl methyl sites for hydroxylation is 4. The lowest BCUT2D eigenvalue weighted by Gasteiger charge is -2.28. The average Bonchev–Trinajstić information content (AvgIpc) is 3.53. The van der Waals surface area contributed by atoms with Crippen molar-refractivity contribution in [2.24, 2.45) is 0 Å². The predicted octanol–water partition coefficient (Wildman–Crippen LogP) is 4.21. The van der Waals surface area contributed by atoms with Gasteiger partial charge in [-0.05, 0) is 56.0 Å². The van der Waals surface area contributed by atoms with E-state index in [4.69, 9.17) is 4.74 Å². The fourth-order valence-corrected chi connectivity index (χ4v) is 6.72. The molecule has 3 aromatic rings. The minimum atomic E-state index is -0.413. The second-order valence-corrected chi connectivity index (χ2v) is 10.4. The first-order chi connectivity index (χ1) is 16.1. The Hall–Kier alpha value is -2.52. The lowest BCUT2D eigenvalue weighted by molar-refractivity contribution is 0.0513. The first-order valence-corrected chi connectivity index (χ1v) is 13.4. The molecule has 7 nitrogen and oxygen atoms in total. The second-order valence-electron chi connectivity index (χ2n) is 8.58. The number of carbonyl (C=O) groups is 2. The molecule has 0 atom stereocenters. The van der Waals surface area contributed by atoms with Crippen molar-refractivity contribution >= 4 is 34.6 Å². The summed E-state index contributed by atoms with van der Waals surface area (Å²) in [6.07, 6.45) is 5.91. The van der Waals surface area contributed by atoms with Gasteiger partial charge in [0, 0.05) is 42.1 Å². The lowest BCUT2D eigenvalue weighted by atomic mass is 9.93. The van der Waals surface area contributed by atoms with Crippen LogP contribution in [0.2, 0.25) is 0 Å². The Labute approximate surface area is 201 Å². The van der Waals surface area contributed by atoms with Crippen molar-refractivity contribution in [1.82, 2.24) is 19.7 Å². The maximum Gasteiger partial charge on any atom is 0.359 e. The standard InChI is InChI=1S/C24H28N4O3S2/c1-3-31-24(30)21-18-12-27(23(29)22-17-7-5-4-6-16(17)13-32-22)10-8-19(18)28(26-21)11-9-20-15(2)25-14-33-20/h13-14H,3-12H2,1-2H3. The van der Waals surface area contributed by atoms with Gasteiger partial charge in [-0.15, -0.1) is 22.7 Å². The number of thiazole rings is 1. The molecule has 0 N–H and O–H groups in total. The molecular weight excluding hydrogens is 456 g/mol. The third-order valence-electron chi connectivity index (χ3n) is 6.58. The molecule has 0 bridgehead atoms. The van der Waals surface area contributed by atoms with E-state index >= 15 is 0 Å². The predicted molar refractivity (Wildman–Crippen MR) is 128 cm³/mol. The molecule has 0 fully saturated rings. The molecule has 1 amide bonds. The minimum Gasteiger partial charge on any atom is -0.461 e. The molecule has 3 aromatic heterocycles. The largest absolute Gasteiger partial charge is 0.461 e. The maximum absolute atomic E-state index is 13.5. The molecule has 33 heavy (non-hydrogen) atoms. The molecule has 0 radical (unpaired) electrons. The van der Waals surface area contributed by atoms with Crippen molar-refractivity contribution in [3.05, 3.63) is 54.4 Å². The molecular formula is C24H28N4O3S2. The summed E-state index contributed by atoms with van der Waals surface area (Å²) in [6.45, 7) is 5.81. The van der Waals surface area contributed by atoms with Crippen molar-refractivity contribution in [2.45, 2.75) is 65.5 Å². The Morgan fingerprint density at radius 1 is 1.15 bits per heavy atom. The zero-order chi connectivity index (χ0) is 22.9. The minimum absolute atomic E-state index is 0.0802. The van der Waals surface area contributed by atoms with E-state index in [-0.39, 0.29) is 5.91 Å². The number of esters is 1. The van der Waals surface area contributed by atoms with E-state index in [0.29, 0.717) is 38.4 Å². The van der Waals surface area contributed by atoms with Crippen LogP contribution >= 0.6 is 22.7 Å². The molecule has 1 aliphatic heterocycles. The van der Waals surface area contributed by atoms with E-state index in [2.05, 4.69) is 15.5 Å². The first kappa shape index (κ1) is 22.3. The number of carbonyl (C=O) groups excluding carboxylic acids is 2. The number of thiophene rings is 1. The van der Waals surface area contributed by atoms with Crippen molar-refractivity contribution in [2.75, 3.05) is 13.2 Å². The second kappa shape index (κ2) is 9.38. The normalized spacial score (nSPS) is 15.3. The molecule has 5 rings (SSSR count). The number of hydrogen-bond donors (Lipinski definition) is 0. The summed E-state index contributed by atoms with van der Waals surface area (Å²) >= 11 is 3.22. The first-order valence-electron chi connectivity index (χ1n) is 11.6. The number of amides is 1. The third kappa shape index (κ3) is 4.24. The van der Waals surface area contributed by atoms with Crippen LogP contribution in [0.1, 0.15) is 72.9 Å². The van der Waals surface area contributed by atoms with Crippen LogP contribution in [0.4, 0.5) is 0 Å². The SMILES string of the molecule is CCOC(=O)c1nn(CCc2scnc2C)c2c1CN(C(=O)c1scc3c1CCCC3)CC2. The molecule has 0 spiro atoms. The molecule has 0 saturated heterocycles. The van der Waals surface area contributed by atoms with Crippen molar-refractivity contribution < 1.29 is 14.3 Å². The summed E-state index contributed by atoms with van der Waals surface area (Å²) in [5, 5.41) is 6.81. The summed E-state index contributed by atoms with van der Waals surface area (Å²) in [6, 6.07) is 0. The van der Waals surface area contributed by atoms with E-state index < -0.39 is 5.97 Å². The van der Waals surface area contributed by atoms with Crippen molar-refractivity contribution in [3.8, 4) is 0 Å². The summed E-state index contributed by atoms with van der Waals surface area (Å²) in [5.74, 6) is -0.332. The number of aromatic nitrogens is 3. The zero-order valence-electron chi connectivity index (χ0n) is 19.1. The maximum atomic E-state index is 13.5. The number of fused-ring (bicyclic) bond motifs is 2. The monoisotopic (exact) mass is 484 g/mol. The Kier molecular flexibility index (Phi) is 6.34. The molecule has 9 heteroatoms. The van der Waals surface area contributed by atoms with Crippen LogP contribution in [0.5, 0.6) is 0 Å². The Morgan fingerprint density at radius 2 is 2.00 bits per heavy atom. The highest BCUT2D eigenvalue weighted by molar-refractivity contribution is 7.12.